The molecule has 0 spiro atoms. The Kier molecular flexibility index (Phi) is 4.79. The zero-order valence-electron chi connectivity index (χ0n) is 15.7. The minimum Gasteiger partial charge on any atom is -0.493 e. The maximum Gasteiger partial charge on any atom is 0.250 e. The molecule has 8 nitrogen and oxygen atoms in total. The molecule has 6 N–H and O–H groups in total. The number of rotatable bonds is 5. The first kappa shape index (κ1) is 19.0. The van der Waals surface area contributed by atoms with Gasteiger partial charge in [0, 0.05) is 22.7 Å². The third-order valence-corrected chi connectivity index (χ3v) is 4.59. The molecular weight excluding hydrogens is 360 g/mol. The quantitative estimate of drug-likeness (QED) is 0.578. The Morgan fingerprint density at radius 2 is 1.61 bits per heavy atom. The molecule has 144 valence electrons. The molecule has 0 aliphatic heterocycles. The third-order valence-electron chi connectivity index (χ3n) is 4.59. The normalized spacial score (nSPS) is 10.7. The number of nitrogen functional groups attached to an aromatic ring is 1. The number of aromatic nitrogens is 1. The van der Waals surface area contributed by atoms with Crippen LogP contribution >= 0.6 is 0 Å². The molecule has 0 saturated carbocycles. The van der Waals surface area contributed by atoms with Gasteiger partial charge in [0.2, 0.25) is 5.91 Å². The molecule has 2 amide bonds. The lowest BCUT2D eigenvalue weighted by Crippen LogP contribution is -2.18. The molecule has 3 rings (SSSR count). The summed E-state index contributed by atoms with van der Waals surface area (Å²) in [6, 6.07) is 8.20. The van der Waals surface area contributed by atoms with E-state index < -0.39 is 11.8 Å². The van der Waals surface area contributed by atoms with Crippen molar-refractivity contribution in [3.05, 3.63) is 47.0 Å². The van der Waals surface area contributed by atoms with E-state index in [-0.39, 0.29) is 16.8 Å². The number of ether oxygens (including phenoxy) is 2. The number of nitrogens with two attached hydrogens (primary N) is 3. The topological polar surface area (TPSA) is 144 Å². The van der Waals surface area contributed by atoms with Crippen LogP contribution in [0.15, 0.2) is 30.3 Å². The van der Waals surface area contributed by atoms with E-state index in [1.54, 1.807) is 37.3 Å². The first-order chi connectivity index (χ1) is 13.3. The number of carbonyl (C=O) groups is 2. The molecule has 2 aromatic carbocycles. The van der Waals surface area contributed by atoms with Gasteiger partial charge in [-0.15, -0.1) is 0 Å². The zero-order chi connectivity index (χ0) is 20.6. The Morgan fingerprint density at radius 3 is 2.18 bits per heavy atom. The van der Waals surface area contributed by atoms with Gasteiger partial charge < -0.3 is 26.7 Å². The predicted octanol–water partition coefficient (Wildman–Crippen LogP) is 2.01. The van der Waals surface area contributed by atoms with E-state index in [9.17, 15) is 9.59 Å². The highest BCUT2D eigenvalue weighted by Gasteiger charge is 2.22. The molecule has 0 fully saturated rings. The zero-order valence-corrected chi connectivity index (χ0v) is 15.7. The van der Waals surface area contributed by atoms with E-state index >= 15 is 0 Å². The van der Waals surface area contributed by atoms with Crippen LogP contribution in [0.5, 0.6) is 11.5 Å². The van der Waals surface area contributed by atoms with Gasteiger partial charge in [-0.05, 0) is 36.8 Å². The number of amides is 2. The van der Waals surface area contributed by atoms with Crippen LogP contribution in [-0.2, 0) is 0 Å². The Labute approximate surface area is 161 Å². The highest BCUT2D eigenvalue weighted by Crippen LogP contribution is 2.36. The predicted molar refractivity (Wildman–Crippen MR) is 106 cm³/mol. The number of primary amides is 2. The first-order valence-electron chi connectivity index (χ1n) is 8.34. The van der Waals surface area contributed by atoms with Crippen LogP contribution in [0.25, 0.3) is 22.2 Å². The number of benzene rings is 2. The molecule has 3 aromatic rings. The number of carbonyl (C=O) groups excluding carboxylic acids is 2. The Balaban J connectivity index is 2.41. The summed E-state index contributed by atoms with van der Waals surface area (Å²) in [6.45, 7) is 1.68. The summed E-state index contributed by atoms with van der Waals surface area (Å²) in [5.41, 5.74) is 19.5. The number of pyridine rings is 1. The number of hydrogen-bond donors (Lipinski definition) is 3. The molecular formula is C20H20N4O4. The molecule has 0 radical (unpaired) electrons. The van der Waals surface area contributed by atoms with Gasteiger partial charge in [0.1, 0.15) is 0 Å². The highest BCUT2D eigenvalue weighted by atomic mass is 16.5. The van der Waals surface area contributed by atoms with Crippen LogP contribution in [0.1, 0.15) is 26.3 Å². The van der Waals surface area contributed by atoms with Crippen LogP contribution in [0.3, 0.4) is 0 Å². The fraction of sp³-hybridized carbons (Fsp3) is 0.150. The molecule has 28 heavy (non-hydrogen) atoms. The molecule has 8 heteroatoms. The molecule has 1 aromatic heterocycles. The van der Waals surface area contributed by atoms with Crippen molar-refractivity contribution in [3.63, 3.8) is 0 Å². The van der Waals surface area contributed by atoms with E-state index in [0.29, 0.717) is 39.2 Å². The molecule has 1 heterocycles. The van der Waals surface area contributed by atoms with E-state index in [1.165, 1.54) is 14.2 Å². The average molecular weight is 380 g/mol. The van der Waals surface area contributed by atoms with Gasteiger partial charge in [-0.2, -0.15) is 0 Å². The van der Waals surface area contributed by atoms with Crippen molar-refractivity contribution in [1.29, 1.82) is 0 Å². The third kappa shape index (κ3) is 3.05. The molecule has 0 aliphatic carbocycles. The van der Waals surface area contributed by atoms with Crippen LogP contribution in [-0.4, -0.2) is 31.0 Å². The lowest BCUT2D eigenvalue weighted by molar-refractivity contribution is 0.0990. The van der Waals surface area contributed by atoms with E-state index in [4.69, 9.17) is 26.7 Å². The Bertz CT molecular complexity index is 1130. The fourth-order valence-electron chi connectivity index (χ4n) is 3.14. The molecule has 0 aliphatic rings. The van der Waals surface area contributed by atoms with Crippen LogP contribution in [0.4, 0.5) is 5.69 Å². The molecule has 0 bridgehead atoms. The van der Waals surface area contributed by atoms with Crippen LogP contribution < -0.4 is 26.7 Å². The van der Waals surface area contributed by atoms with Crippen molar-refractivity contribution in [2.75, 3.05) is 20.0 Å². The maximum absolute atomic E-state index is 12.1. The molecule has 0 saturated heterocycles. The summed E-state index contributed by atoms with van der Waals surface area (Å²) < 4.78 is 10.6. The van der Waals surface area contributed by atoms with Crippen LogP contribution in [0, 0.1) is 6.92 Å². The fourth-order valence-corrected chi connectivity index (χ4v) is 3.14. The van der Waals surface area contributed by atoms with Crippen molar-refractivity contribution in [2.45, 2.75) is 6.92 Å². The Morgan fingerprint density at radius 1 is 0.964 bits per heavy atom. The summed E-state index contributed by atoms with van der Waals surface area (Å²) in [4.78, 5) is 28.8. The van der Waals surface area contributed by atoms with Gasteiger partial charge in [-0.3, -0.25) is 9.59 Å². The Hall–Kier alpha value is -3.81. The number of hydrogen-bond acceptors (Lipinski definition) is 6. The maximum atomic E-state index is 12.1. The second-order valence-corrected chi connectivity index (χ2v) is 6.22. The van der Waals surface area contributed by atoms with Gasteiger partial charge in [0.15, 0.2) is 11.5 Å². The van der Waals surface area contributed by atoms with Gasteiger partial charge in [-0.25, -0.2) is 4.98 Å². The minimum atomic E-state index is -0.691. The summed E-state index contributed by atoms with van der Waals surface area (Å²) in [7, 11) is 3.02. The van der Waals surface area contributed by atoms with E-state index in [0.717, 1.165) is 0 Å². The number of fused-ring (bicyclic) bond motifs is 1. The second kappa shape index (κ2) is 7.07. The lowest BCUT2D eigenvalue weighted by Gasteiger charge is -2.15. The van der Waals surface area contributed by atoms with Gasteiger partial charge in [-0.1, -0.05) is 0 Å². The van der Waals surface area contributed by atoms with Crippen molar-refractivity contribution in [1.82, 2.24) is 4.98 Å². The second-order valence-electron chi connectivity index (χ2n) is 6.22. The highest BCUT2D eigenvalue weighted by molar-refractivity contribution is 6.08. The number of anilines is 1. The van der Waals surface area contributed by atoms with Gasteiger partial charge >= 0.3 is 0 Å². The first-order valence-corrected chi connectivity index (χ1v) is 8.34. The summed E-state index contributed by atoms with van der Waals surface area (Å²) in [5.74, 6) is -0.404. The summed E-state index contributed by atoms with van der Waals surface area (Å²) in [5, 5.41) is 0.628. The summed E-state index contributed by atoms with van der Waals surface area (Å²) >= 11 is 0. The average Bonchev–Trinajstić information content (AvgIpc) is 2.67. The van der Waals surface area contributed by atoms with Crippen molar-refractivity contribution >= 4 is 28.4 Å². The van der Waals surface area contributed by atoms with Crippen molar-refractivity contribution in [3.8, 4) is 22.8 Å². The number of nitrogens with zero attached hydrogens (tertiary/aromatic N) is 1. The van der Waals surface area contributed by atoms with E-state index in [2.05, 4.69) is 4.98 Å². The minimum absolute atomic E-state index is 0.145. The van der Waals surface area contributed by atoms with Crippen molar-refractivity contribution in [2.24, 2.45) is 11.5 Å². The smallest absolute Gasteiger partial charge is 0.250 e. The van der Waals surface area contributed by atoms with Crippen LogP contribution in [0.2, 0.25) is 0 Å². The monoisotopic (exact) mass is 380 g/mol. The standard InChI is InChI=1S/C20H20N4O4/c1-9-13(21)5-4-11(17(9)20(23)26)18-12(19(22)25)6-10-7-15(27-2)16(28-3)8-14(10)24-18/h4-8H,21H2,1-3H3,(H2,22,25)(H2,23,26). The molecule has 0 atom stereocenters. The molecule has 0 unspecified atom stereocenters. The summed E-state index contributed by atoms with van der Waals surface area (Å²) in [6.07, 6.45) is 0. The number of methoxy groups -OCH3 is 2. The van der Waals surface area contributed by atoms with Crippen molar-refractivity contribution < 1.29 is 19.1 Å². The SMILES string of the molecule is COc1cc2cc(C(N)=O)c(-c3ccc(N)c(C)c3C(N)=O)nc2cc1OC. The largest absolute Gasteiger partial charge is 0.493 e. The van der Waals surface area contributed by atoms with Gasteiger partial charge in [0.25, 0.3) is 5.91 Å². The van der Waals surface area contributed by atoms with E-state index in [1.807, 2.05) is 0 Å². The van der Waals surface area contributed by atoms with Gasteiger partial charge in [0.05, 0.1) is 36.6 Å². The lowest BCUT2D eigenvalue weighted by atomic mass is 9.94.